The van der Waals surface area contributed by atoms with Gasteiger partial charge in [-0.05, 0) is 31.6 Å². The smallest absolute Gasteiger partial charge is 0.166 e. The largest absolute Gasteiger partial charge is 0.203 e. The third-order valence-electron chi connectivity index (χ3n) is 5.29. The molecule has 0 N–H and O–H groups in total. The van der Waals surface area contributed by atoms with Crippen LogP contribution in [0.5, 0.6) is 0 Å². The van der Waals surface area contributed by atoms with E-state index >= 15 is 0 Å². The molecule has 1 aromatic carbocycles. The van der Waals surface area contributed by atoms with Crippen LogP contribution in [-0.2, 0) is 10.8 Å². The molecule has 0 nitrogen and oxygen atoms in total. The van der Waals surface area contributed by atoms with Crippen LogP contribution in [0.4, 0.5) is 17.6 Å². The summed E-state index contributed by atoms with van der Waals surface area (Å²) in [5.74, 6) is -5.07. The summed E-state index contributed by atoms with van der Waals surface area (Å²) in [6.45, 7) is 10.3. The molecular formula is C20H28F4. The standard InChI is InChI=1S/C20H28F4/c1-7-11-19(5,9-3)13-15(21)17(23)14(18(24)16(13)22)20(6,10-4)12-8-2/h7,11H,8-10,12H2,1-6H3/b11-7-. The summed E-state index contributed by atoms with van der Waals surface area (Å²) < 4.78 is 59.2. The fraction of sp³-hybridized carbons (Fsp3) is 0.600. The highest BCUT2D eigenvalue weighted by Gasteiger charge is 2.39. The van der Waals surface area contributed by atoms with Crippen molar-refractivity contribution in [1.29, 1.82) is 0 Å². The second-order valence-corrected chi connectivity index (χ2v) is 6.94. The molecule has 0 spiro atoms. The van der Waals surface area contributed by atoms with Crippen LogP contribution in [0.1, 0.15) is 78.4 Å². The van der Waals surface area contributed by atoms with Crippen molar-refractivity contribution in [2.24, 2.45) is 0 Å². The Labute approximate surface area is 143 Å². The van der Waals surface area contributed by atoms with Crippen LogP contribution in [0.15, 0.2) is 12.2 Å². The van der Waals surface area contributed by atoms with Crippen molar-refractivity contribution in [3.8, 4) is 0 Å². The molecule has 0 aliphatic rings. The molecule has 0 fully saturated rings. The summed E-state index contributed by atoms with van der Waals surface area (Å²) in [6.07, 6.45) is 5.06. The maximum absolute atomic E-state index is 14.8. The summed E-state index contributed by atoms with van der Waals surface area (Å²) in [5, 5.41) is 0. The molecule has 2 atom stereocenters. The molecule has 24 heavy (non-hydrogen) atoms. The van der Waals surface area contributed by atoms with Crippen LogP contribution < -0.4 is 0 Å². The Morgan fingerprint density at radius 2 is 1.25 bits per heavy atom. The molecule has 0 aliphatic carbocycles. The average Bonchev–Trinajstić information content (AvgIpc) is 2.53. The van der Waals surface area contributed by atoms with Crippen molar-refractivity contribution >= 4 is 0 Å². The number of hydrogen-bond donors (Lipinski definition) is 0. The Balaban J connectivity index is 3.81. The first-order valence-corrected chi connectivity index (χ1v) is 8.64. The van der Waals surface area contributed by atoms with E-state index in [1.165, 1.54) is 0 Å². The first kappa shape index (κ1) is 20.7. The average molecular weight is 344 g/mol. The number of halogens is 4. The van der Waals surface area contributed by atoms with Gasteiger partial charge in [-0.3, -0.25) is 0 Å². The zero-order valence-corrected chi connectivity index (χ0v) is 15.5. The number of benzene rings is 1. The molecule has 0 radical (unpaired) electrons. The second kappa shape index (κ2) is 7.71. The van der Waals surface area contributed by atoms with Crippen molar-refractivity contribution < 1.29 is 17.6 Å². The van der Waals surface area contributed by atoms with Gasteiger partial charge < -0.3 is 0 Å². The summed E-state index contributed by atoms with van der Waals surface area (Å²) >= 11 is 0. The minimum absolute atomic E-state index is 0.323. The normalized spacial score (nSPS) is 17.1. The first-order valence-electron chi connectivity index (χ1n) is 8.64. The number of allylic oxidation sites excluding steroid dienone is 2. The topological polar surface area (TPSA) is 0 Å². The van der Waals surface area contributed by atoms with Crippen LogP contribution in [0.25, 0.3) is 0 Å². The summed E-state index contributed by atoms with van der Waals surface area (Å²) in [6, 6.07) is 0. The van der Waals surface area contributed by atoms with Gasteiger partial charge in [0.05, 0.1) is 0 Å². The third-order valence-corrected chi connectivity index (χ3v) is 5.29. The SMILES string of the molecule is C/C=C\C(C)(CC)c1c(F)c(F)c(C(C)(CC)CCC)c(F)c1F. The van der Waals surface area contributed by atoms with Crippen LogP contribution >= 0.6 is 0 Å². The van der Waals surface area contributed by atoms with Crippen LogP contribution in [0.3, 0.4) is 0 Å². The fourth-order valence-electron chi connectivity index (χ4n) is 3.44. The van der Waals surface area contributed by atoms with E-state index in [2.05, 4.69) is 0 Å². The van der Waals surface area contributed by atoms with E-state index in [0.717, 1.165) is 0 Å². The number of hydrogen-bond acceptors (Lipinski definition) is 0. The van der Waals surface area contributed by atoms with E-state index in [4.69, 9.17) is 0 Å². The number of rotatable bonds is 7. The molecule has 0 aliphatic heterocycles. The molecule has 0 aromatic heterocycles. The third kappa shape index (κ3) is 3.38. The lowest BCUT2D eigenvalue weighted by molar-refractivity contribution is 0.334. The van der Waals surface area contributed by atoms with Crippen LogP contribution in [0.2, 0.25) is 0 Å². The van der Waals surface area contributed by atoms with E-state index in [1.54, 1.807) is 46.8 Å². The molecule has 0 saturated heterocycles. The summed E-state index contributed by atoms with van der Waals surface area (Å²) in [4.78, 5) is 0. The van der Waals surface area contributed by atoms with Crippen molar-refractivity contribution in [1.82, 2.24) is 0 Å². The van der Waals surface area contributed by atoms with Gasteiger partial charge in [0.2, 0.25) is 0 Å². The van der Waals surface area contributed by atoms with Gasteiger partial charge in [0.1, 0.15) is 0 Å². The van der Waals surface area contributed by atoms with Gasteiger partial charge in [0.25, 0.3) is 0 Å². The van der Waals surface area contributed by atoms with Gasteiger partial charge in [-0.1, -0.05) is 53.2 Å². The van der Waals surface area contributed by atoms with Gasteiger partial charge in [0, 0.05) is 16.5 Å². The van der Waals surface area contributed by atoms with Gasteiger partial charge >= 0.3 is 0 Å². The van der Waals surface area contributed by atoms with Gasteiger partial charge in [-0.2, -0.15) is 0 Å². The van der Waals surface area contributed by atoms with Gasteiger partial charge in [-0.15, -0.1) is 0 Å². The van der Waals surface area contributed by atoms with E-state index in [0.29, 0.717) is 25.7 Å². The highest BCUT2D eigenvalue weighted by atomic mass is 19.2. The highest BCUT2D eigenvalue weighted by molar-refractivity contribution is 5.40. The fourth-order valence-corrected chi connectivity index (χ4v) is 3.44. The second-order valence-electron chi connectivity index (χ2n) is 6.94. The van der Waals surface area contributed by atoms with Gasteiger partial charge in [-0.25, -0.2) is 17.6 Å². The van der Waals surface area contributed by atoms with Crippen molar-refractivity contribution in [3.05, 3.63) is 46.5 Å². The molecule has 0 heterocycles. The van der Waals surface area contributed by atoms with E-state index in [1.807, 2.05) is 6.92 Å². The lowest BCUT2D eigenvalue weighted by Gasteiger charge is -2.32. The Morgan fingerprint density at radius 1 is 0.792 bits per heavy atom. The van der Waals surface area contributed by atoms with E-state index in [9.17, 15) is 17.6 Å². The maximum Gasteiger partial charge on any atom is 0.166 e. The van der Waals surface area contributed by atoms with E-state index < -0.39 is 45.2 Å². The quantitative estimate of drug-likeness (QED) is 0.285. The Bertz CT molecular complexity index is 592. The molecule has 2 unspecified atom stereocenters. The van der Waals surface area contributed by atoms with Crippen molar-refractivity contribution in [2.75, 3.05) is 0 Å². The zero-order chi connectivity index (χ0) is 18.7. The molecule has 4 heteroatoms. The van der Waals surface area contributed by atoms with Crippen LogP contribution in [-0.4, -0.2) is 0 Å². The van der Waals surface area contributed by atoms with Crippen molar-refractivity contribution in [3.63, 3.8) is 0 Å². The molecule has 136 valence electrons. The predicted octanol–water partition coefficient (Wildman–Crippen LogP) is 6.95. The molecule has 0 bridgehead atoms. The monoisotopic (exact) mass is 344 g/mol. The maximum atomic E-state index is 14.8. The minimum Gasteiger partial charge on any atom is -0.203 e. The first-order chi connectivity index (χ1) is 11.1. The lowest BCUT2D eigenvalue weighted by atomic mass is 9.73. The van der Waals surface area contributed by atoms with E-state index in [-0.39, 0.29) is 0 Å². The molecule has 0 amide bonds. The van der Waals surface area contributed by atoms with Crippen molar-refractivity contribution in [2.45, 2.75) is 78.1 Å². The summed E-state index contributed by atoms with van der Waals surface area (Å²) in [7, 11) is 0. The minimum atomic E-state index is -1.28. The van der Waals surface area contributed by atoms with Crippen LogP contribution in [0, 0.1) is 23.3 Å². The molecule has 1 rings (SSSR count). The Morgan fingerprint density at radius 3 is 1.58 bits per heavy atom. The zero-order valence-electron chi connectivity index (χ0n) is 15.5. The molecule has 1 aromatic rings. The Kier molecular flexibility index (Phi) is 6.66. The lowest BCUT2D eigenvalue weighted by Crippen LogP contribution is -2.29. The molecule has 0 saturated carbocycles. The van der Waals surface area contributed by atoms with Gasteiger partial charge in [0.15, 0.2) is 23.3 Å². The molecular weight excluding hydrogens is 316 g/mol. The Hall–Kier alpha value is -1.32. The predicted molar refractivity (Wildman–Crippen MR) is 91.3 cm³/mol. The highest BCUT2D eigenvalue weighted by Crippen LogP contribution is 2.42. The summed E-state index contributed by atoms with van der Waals surface area (Å²) in [5.41, 5.74) is -3.04.